The number of fused-ring (bicyclic) bond motifs is 1. The zero-order valence-electron chi connectivity index (χ0n) is 16.9. The first kappa shape index (κ1) is 21.0. The number of nitrogens with zero attached hydrogens (tertiary/aromatic N) is 1. The molecule has 0 aliphatic rings. The third-order valence-electron chi connectivity index (χ3n) is 4.72. The molecule has 0 unspecified atom stereocenters. The molecule has 0 atom stereocenters. The average Bonchev–Trinajstić information content (AvgIpc) is 3.17. The summed E-state index contributed by atoms with van der Waals surface area (Å²) in [6.07, 6.45) is 1.72. The van der Waals surface area contributed by atoms with Crippen LogP contribution >= 0.6 is 11.3 Å². The van der Waals surface area contributed by atoms with Crippen LogP contribution in [0.25, 0.3) is 10.1 Å². The minimum Gasteiger partial charge on any atom is -0.487 e. The molecule has 2 heterocycles. The molecular formula is C24H21FN2O3S. The van der Waals surface area contributed by atoms with Crippen molar-refractivity contribution < 1.29 is 18.7 Å². The van der Waals surface area contributed by atoms with Gasteiger partial charge in [0.05, 0.1) is 17.2 Å². The number of aromatic nitrogens is 1. The number of amides is 1. The van der Waals surface area contributed by atoms with Crippen LogP contribution in [0.5, 0.6) is 5.75 Å². The van der Waals surface area contributed by atoms with E-state index in [1.165, 1.54) is 24.5 Å². The second-order valence-electron chi connectivity index (χ2n) is 6.90. The van der Waals surface area contributed by atoms with Gasteiger partial charge >= 0.3 is 0 Å². The van der Waals surface area contributed by atoms with Crippen LogP contribution in [-0.2, 0) is 24.5 Å². The van der Waals surface area contributed by atoms with Gasteiger partial charge < -0.3 is 14.8 Å². The number of carbonyl (C=O) groups is 1. The summed E-state index contributed by atoms with van der Waals surface area (Å²) in [4.78, 5) is 17.6. The van der Waals surface area contributed by atoms with Crippen LogP contribution in [0.2, 0.25) is 0 Å². The number of thiophene rings is 1. The Morgan fingerprint density at radius 1 is 1.10 bits per heavy atom. The summed E-state index contributed by atoms with van der Waals surface area (Å²) < 4.78 is 26.1. The highest BCUT2D eigenvalue weighted by atomic mass is 32.1. The van der Waals surface area contributed by atoms with Crippen LogP contribution in [0.3, 0.4) is 0 Å². The molecule has 0 saturated carbocycles. The van der Waals surface area contributed by atoms with Gasteiger partial charge in [-0.25, -0.2) is 4.39 Å². The number of hydrogen-bond donors (Lipinski definition) is 1. The second kappa shape index (κ2) is 9.68. The van der Waals surface area contributed by atoms with Gasteiger partial charge in [-0.3, -0.25) is 9.78 Å². The minimum absolute atomic E-state index is 0.167. The lowest BCUT2D eigenvalue weighted by Crippen LogP contribution is -2.23. The summed E-state index contributed by atoms with van der Waals surface area (Å²) in [5.41, 5.74) is 2.31. The zero-order chi connectivity index (χ0) is 21.6. The third-order valence-corrected chi connectivity index (χ3v) is 5.92. The first-order chi connectivity index (χ1) is 15.2. The Hall–Kier alpha value is -3.29. The van der Waals surface area contributed by atoms with E-state index in [-0.39, 0.29) is 18.3 Å². The van der Waals surface area contributed by atoms with E-state index in [1.807, 2.05) is 42.5 Å². The lowest BCUT2D eigenvalue weighted by atomic mass is 10.1. The summed E-state index contributed by atoms with van der Waals surface area (Å²) in [7, 11) is 1.53. The SMILES string of the molecule is COCc1c(C(=O)NCc2cccc(OCc3ccccn3)c2)sc2cccc(F)c12. The highest BCUT2D eigenvalue weighted by Crippen LogP contribution is 2.33. The smallest absolute Gasteiger partial charge is 0.262 e. The minimum atomic E-state index is -0.349. The molecule has 4 rings (SSSR count). The molecule has 0 bridgehead atoms. The summed E-state index contributed by atoms with van der Waals surface area (Å²) in [6, 6.07) is 18.0. The lowest BCUT2D eigenvalue weighted by Gasteiger charge is -2.09. The molecule has 4 aromatic rings. The van der Waals surface area contributed by atoms with Crippen molar-refractivity contribution in [2.24, 2.45) is 0 Å². The molecule has 0 fully saturated rings. The van der Waals surface area contributed by atoms with E-state index >= 15 is 0 Å². The Bertz CT molecular complexity index is 1190. The lowest BCUT2D eigenvalue weighted by molar-refractivity contribution is 0.0950. The van der Waals surface area contributed by atoms with Crippen molar-refractivity contribution in [1.82, 2.24) is 10.3 Å². The van der Waals surface area contributed by atoms with Gasteiger partial charge in [-0.15, -0.1) is 11.3 Å². The Morgan fingerprint density at radius 3 is 2.77 bits per heavy atom. The third kappa shape index (κ3) is 4.90. The molecule has 1 amide bonds. The standard InChI is InChI=1S/C24H21FN2O3S/c1-29-15-19-22-20(25)9-5-10-21(22)31-23(19)24(28)27-13-16-6-4-8-18(12-16)30-14-17-7-2-3-11-26-17/h2-12H,13-15H2,1H3,(H,27,28). The Morgan fingerprint density at radius 2 is 1.97 bits per heavy atom. The van der Waals surface area contributed by atoms with Crippen molar-refractivity contribution in [2.45, 2.75) is 19.8 Å². The molecule has 0 aliphatic heterocycles. The first-order valence-corrected chi connectivity index (χ1v) is 10.6. The van der Waals surface area contributed by atoms with Gasteiger partial charge in [0.25, 0.3) is 5.91 Å². The van der Waals surface area contributed by atoms with Crippen LogP contribution in [-0.4, -0.2) is 18.0 Å². The molecular weight excluding hydrogens is 415 g/mol. The number of ether oxygens (including phenoxy) is 2. The largest absolute Gasteiger partial charge is 0.487 e. The zero-order valence-corrected chi connectivity index (χ0v) is 17.7. The quantitative estimate of drug-likeness (QED) is 0.418. The molecule has 31 heavy (non-hydrogen) atoms. The number of rotatable bonds is 8. The fourth-order valence-corrected chi connectivity index (χ4v) is 4.42. The number of benzene rings is 2. The predicted molar refractivity (Wildman–Crippen MR) is 119 cm³/mol. The van der Waals surface area contributed by atoms with Gasteiger partial charge in [0.2, 0.25) is 0 Å². The first-order valence-electron chi connectivity index (χ1n) is 9.74. The van der Waals surface area contributed by atoms with Crippen LogP contribution in [0.4, 0.5) is 4.39 Å². The summed E-state index contributed by atoms with van der Waals surface area (Å²) in [5, 5.41) is 3.37. The van der Waals surface area contributed by atoms with E-state index in [9.17, 15) is 9.18 Å². The number of methoxy groups -OCH3 is 1. The molecule has 7 heteroatoms. The van der Waals surface area contributed by atoms with Gasteiger partial charge in [-0.2, -0.15) is 0 Å². The maximum atomic E-state index is 14.3. The monoisotopic (exact) mass is 436 g/mol. The van der Waals surface area contributed by atoms with Crippen molar-refractivity contribution in [1.29, 1.82) is 0 Å². The molecule has 2 aromatic heterocycles. The predicted octanol–water partition coefficient (Wildman–Crippen LogP) is 5.09. The Labute approximate surface area is 183 Å². The van der Waals surface area contributed by atoms with Crippen molar-refractivity contribution in [3.05, 3.63) is 94.4 Å². The summed E-state index contributed by atoms with van der Waals surface area (Å²) in [6.45, 7) is 0.855. The normalized spacial score (nSPS) is 10.9. The number of carbonyl (C=O) groups excluding carboxylic acids is 1. The highest BCUT2D eigenvalue weighted by Gasteiger charge is 2.20. The molecule has 0 spiro atoms. The van der Waals surface area contributed by atoms with Crippen LogP contribution in [0.15, 0.2) is 66.9 Å². The van der Waals surface area contributed by atoms with E-state index in [0.717, 1.165) is 16.0 Å². The molecule has 0 saturated heterocycles. The van der Waals surface area contributed by atoms with E-state index in [2.05, 4.69) is 10.3 Å². The Kier molecular flexibility index (Phi) is 6.54. The van der Waals surface area contributed by atoms with Crippen molar-refractivity contribution in [3.63, 3.8) is 0 Å². The van der Waals surface area contributed by atoms with E-state index in [0.29, 0.717) is 34.7 Å². The fraction of sp³-hybridized carbons (Fsp3) is 0.167. The maximum absolute atomic E-state index is 14.3. The van der Waals surface area contributed by atoms with Crippen LogP contribution < -0.4 is 10.1 Å². The van der Waals surface area contributed by atoms with Crippen molar-refractivity contribution >= 4 is 27.3 Å². The van der Waals surface area contributed by atoms with Gasteiger partial charge in [-0.05, 0) is 42.0 Å². The number of hydrogen-bond acceptors (Lipinski definition) is 5. The summed E-state index contributed by atoms with van der Waals surface area (Å²) in [5.74, 6) is 0.0893. The summed E-state index contributed by atoms with van der Waals surface area (Å²) >= 11 is 1.27. The molecule has 158 valence electrons. The average molecular weight is 437 g/mol. The fourth-order valence-electron chi connectivity index (χ4n) is 3.28. The van der Waals surface area contributed by atoms with Crippen molar-refractivity contribution in [3.8, 4) is 5.75 Å². The van der Waals surface area contributed by atoms with Gasteiger partial charge in [0.1, 0.15) is 18.2 Å². The molecule has 0 radical (unpaired) electrons. The van der Waals surface area contributed by atoms with Crippen LogP contribution in [0.1, 0.15) is 26.5 Å². The molecule has 5 nitrogen and oxygen atoms in total. The van der Waals surface area contributed by atoms with Gasteiger partial charge in [0, 0.05) is 35.5 Å². The van der Waals surface area contributed by atoms with Gasteiger partial charge in [-0.1, -0.05) is 24.3 Å². The number of pyridine rings is 1. The molecule has 1 N–H and O–H groups in total. The highest BCUT2D eigenvalue weighted by molar-refractivity contribution is 7.21. The Balaban J connectivity index is 1.45. The van der Waals surface area contributed by atoms with E-state index in [1.54, 1.807) is 18.3 Å². The molecule has 0 aliphatic carbocycles. The maximum Gasteiger partial charge on any atom is 0.262 e. The number of nitrogens with one attached hydrogen (secondary N) is 1. The molecule has 2 aromatic carbocycles. The number of halogens is 1. The van der Waals surface area contributed by atoms with Crippen molar-refractivity contribution in [2.75, 3.05) is 7.11 Å². The topological polar surface area (TPSA) is 60.5 Å². The van der Waals surface area contributed by atoms with E-state index < -0.39 is 0 Å². The van der Waals surface area contributed by atoms with E-state index in [4.69, 9.17) is 9.47 Å². The van der Waals surface area contributed by atoms with Gasteiger partial charge in [0.15, 0.2) is 0 Å². The van der Waals surface area contributed by atoms with Crippen LogP contribution in [0, 0.1) is 5.82 Å². The second-order valence-corrected chi connectivity index (χ2v) is 7.95.